The average molecular weight is 446 g/mol. The van der Waals surface area contributed by atoms with Crippen molar-refractivity contribution in [3.05, 3.63) is 50.5 Å². The quantitative estimate of drug-likeness (QED) is 0.430. The number of halogens is 3. The molecule has 26 heavy (non-hydrogen) atoms. The normalized spacial score (nSPS) is 10.5. The Balaban J connectivity index is 2.39. The molecule has 1 N–H and O–H groups in total. The third kappa shape index (κ3) is 3.81. The Morgan fingerprint density at radius 2 is 2.00 bits per heavy atom. The predicted molar refractivity (Wildman–Crippen MR) is 98.2 cm³/mol. The largest absolute Gasteiger partial charge is 0.460 e. The highest BCUT2D eigenvalue weighted by atomic mass is 79.9. The number of esters is 1. The van der Waals surface area contributed by atoms with Gasteiger partial charge in [-0.05, 0) is 53.5 Å². The van der Waals surface area contributed by atoms with Gasteiger partial charge in [0.1, 0.15) is 11.5 Å². The fraction of sp³-hybridized carbons (Fsp3) is 0.235. The minimum atomic E-state index is -1.00. The Morgan fingerprint density at radius 1 is 1.35 bits per heavy atom. The van der Waals surface area contributed by atoms with Crippen molar-refractivity contribution in [2.24, 2.45) is 7.05 Å². The van der Waals surface area contributed by atoms with E-state index in [2.05, 4.69) is 21.2 Å². The van der Waals surface area contributed by atoms with Crippen LogP contribution in [0.4, 0.5) is 10.1 Å². The van der Waals surface area contributed by atoms with Crippen molar-refractivity contribution in [3.63, 3.8) is 0 Å². The van der Waals surface area contributed by atoms with Crippen LogP contribution in [0.15, 0.2) is 22.8 Å². The molecule has 0 spiro atoms. The summed E-state index contributed by atoms with van der Waals surface area (Å²) in [6, 6.07) is 3.76. The molecule has 0 radical (unpaired) electrons. The van der Waals surface area contributed by atoms with Gasteiger partial charge in [-0.25, -0.2) is 9.18 Å². The topological polar surface area (TPSA) is 77.4 Å². The molecule has 0 saturated carbocycles. The highest BCUT2D eigenvalue weighted by Gasteiger charge is 2.30. The molecule has 1 aromatic heterocycles. The van der Waals surface area contributed by atoms with Gasteiger partial charge in [-0.2, -0.15) is 0 Å². The van der Waals surface area contributed by atoms with Gasteiger partial charge in [0.05, 0.1) is 21.8 Å². The molecule has 0 saturated heterocycles. The number of Topliss-reactive ketones (excluding diaryl/α,β-unsaturated/α-hetero) is 1. The lowest BCUT2D eigenvalue weighted by Crippen LogP contribution is -2.19. The van der Waals surface area contributed by atoms with Crippen LogP contribution in [0.2, 0.25) is 5.02 Å². The summed E-state index contributed by atoms with van der Waals surface area (Å²) >= 11 is 8.94. The van der Waals surface area contributed by atoms with E-state index >= 15 is 0 Å². The van der Waals surface area contributed by atoms with E-state index in [-0.39, 0.29) is 33.2 Å². The van der Waals surface area contributed by atoms with E-state index in [1.807, 2.05) is 0 Å². The number of aromatic nitrogens is 1. The highest BCUT2D eigenvalue weighted by molar-refractivity contribution is 9.10. The van der Waals surface area contributed by atoms with E-state index in [0.29, 0.717) is 5.56 Å². The van der Waals surface area contributed by atoms with Crippen LogP contribution in [0.3, 0.4) is 0 Å². The van der Waals surface area contributed by atoms with E-state index in [1.165, 1.54) is 16.7 Å². The fourth-order valence-electron chi connectivity index (χ4n) is 2.44. The molecule has 0 fully saturated rings. The van der Waals surface area contributed by atoms with Crippen LogP contribution in [0, 0.1) is 12.7 Å². The molecule has 0 unspecified atom stereocenters. The molecule has 9 heteroatoms. The van der Waals surface area contributed by atoms with Gasteiger partial charge in [0, 0.05) is 12.7 Å². The molecule has 1 aromatic carbocycles. The Labute approximate surface area is 162 Å². The summed E-state index contributed by atoms with van der Waals surface area (Å²) in [6.45, 7) is 3.20. The van der Waals surface area contributed by atoms with Crippen molar-refractivity contribution in [1.29, 1.82) is 0 Å². The Kier molecular flexibility index (Phi) is 6.20. The number of rotatable bonds is 5. The van der Waals surface area contributed by atoms with Crippen LogP contribution in [-0.2, 0) is 16.6 Å². The lowest BCUT2D eigenvalue weighted by Gasteiger charge is -2.08. The zero-order valence-electron chi connectivity index (χ0n) is 14.2. The minimum Gasteiger partial charge on any atom is -0.460 e. The molecule has 0 aliphatic carbocycles. The Hall–Kier alpha value is -2.19. The summed E-state index contributed by atoms with van der Waals surface area (Å²) in [6.07, 6.45) is 0. The first-order valence-corrected chi connectivity index (χ1v) is 8.68. The van der Waals surface area contributed by atoms with Gasteiger partial charge in [-0.15, -0.1) is 0 Å². The SMILES string of the molecule is CCOC(=O)C(=O)c1c(C)c(C(=O)Nc2ccc(F)c(Cl)c2)n(C)c1Br. The third-order valence-electron chi connectivity index (χ3n) is 3.65. The number of ether oxygens (including phenoxy) is 1. The molecule has 138 valence electrons. The van der Waals surface area contributed by atoms with E-state index in [0.717, 1.165) is 6.07 Å². The van der Waals surface area contributed by atoms with Gasteiger partial charge in [-0.1, -0.05) is 11.6 Å². The standard InChI is InChI=1S/C17H15BrClFN2O4/c1-4-26-17(25)14(23)12-8(2)13(22(3)15(12)18)16(24)21-9-5-6-11(20)10(19)7-9/h5-7H,4H2,1-3H3,(H,21,24). The smallest absolute Gasteiger partial charge is 0.379 e. The lowest BCUT2D eigenvalue weighted by molar-refractivity contribution is -0.137. The van der Waals surface area contributed by atoms with E-state index < -0.39 is 23.5 Å². The second-order valence-electron chi connectivity index (χ2n) is 5.33. The zero-order chi connectivity index (χ0) is 19.6. The first-order valence-electron chi connectivity index (χ1n) is 7.51. The first-order chi connectivity index (χ1) is 12.2. The van der Waals surface area contributed by atoms with Crippen LogP contribution >= 0.6 is 27.5 Å². The fourth-order valence-corrected chi connectivity index (χ4v) is 3.28. The van der Waals surface area contributed by atoms with Gasteiger partial charge >= 0.3 is 5.97 Å². The average Bonchev–Trinajstić information content (AvgIpc) is 2.80. The number of nitrogens with zero attached hydrogens (tertiary/aromatic N) is 1. The minimum absolute atomic E-state index is 0.0493. The molecular weight excluding hydrogens is 431 g/mol. The van der Waals surface area contributed by atoms with Crippen LogP contribution in [0.25, 0.3) is 0 Å². The number of hydrogen-bond donors (Lipinski definition) is 1. The molecule has 6 nitrogen and oxygen atoms in total. The van der Waals surface area contributed by atoms with Gasteiger partial charge in [0.25, 0.3) is 11.7 Å². The van der Waals surface area contributed by atoms with E-state index in [4.69, 9.17) is 16.3 Å². The molecule has 0 aliphatic heterocycles. The highest BCUT2D eigenvalue weighted by Crippen LogP contribution is 2.28. The van der Waals surface area contributed by atoms with Crippen LogP contribution in [0.1, 0.15) is 33.3 Å². The van der Waals surface area contributed by atoms with Crippen LogP contribution in [-0.4, -0.2) is 28.8 Å². The van der Waals surface area contributed by atoms with Crippen molar-refractivity contribution in [3.8, 4) is 0 Å². The van der Waals surface area contributed by atoms with Gasteiger partial charge < -0.3 is 14.6 Å². The number of hydrogen-bond acceptors (Lipinski definition) is 4. The van der Waals surface area contributed by atoms with Gasteiger partial charge in [0.15, 0.2) is 0 Å². The zero-order valence-corrected chi connectivity index (χ0v) is 16.5. The molecule has 2 rings (SSSR count). The number of amides is 1. The monoisotopic (exact) mass is 444 g/mol. The third-order valence-corrected chi connectivity index (χ3v) is 4.86. The molecule has 1 amide bonds. The Bertz CT molecular complexity index is 911. The molecule has 2 aromatic rings. The summed E-state index contributed by atoms with van der Waals surface area (Å²) in [5, 5.41) is 2.45. The van der Waals surface area contributed by atoms with Crippen molar-refractivity contribution in [2.75, 3.05) is 11.9 Å². The molecule has 0 bridgehead atoms. The summed E-state index contributed by atoms with van der Waals surface area (Å²) in [4.78, 5) is 36.7. The number of carbonyl (C=O) groups is 3. The molecule has 1 heterocycles. The van der Waals surface area contributed by atoms with Crippen molar-refractivity contribution in [2.45, 2.75) is 13.8 Å². The number of benzene rings is 1. The number of ketones is 1. The maximum absolute atomic E-state index is 13.2. The Morgan fingerprint density at radius 3 is 2.58 bits per heavy atom. The molecular formula is C17H15BrClFN2O4. The number of anilines is 1. The summed E-state index contributed by atoms with van der Waals surface area (Å²) in [5.41, 5.74) is 0.803. The van der Waals surface area contributed by atoms with E-state index in [9.17, 15) is 18.8 Å². The number of carbonyl (C=O) groups excluding carboxylic acids is 3. The first kappa shape index (κ1) is 20.1. The predicted octanol–water partition coefficient (Wildman–Crippen LogP) is 3.89. The van der Waals surface area contributed by atoms with Crippen molar-refractivity contribution >= 4 is 50.9 Å². The van der Waals surface area contributed by atoms with Crippen molar-refractivity contribution in [1.82, 2.24) is 4.57 Å². The second-order valence-corrected chi connectivity index (χ2v) is 6.49. The lowest BCUT2D eigenvalue weighted by atomic mass is 10.1. The summed E-state index contributed by atoms with van der Waals surface area (Å²) in [5.74, 6) is -3.00. The van der Waals surface area contributed by atoms with Gasteiger partial charge in [-0.3, -0.25) is 9.59 Å². The molecule has 0 aliphatic rings. The van der Waals surface area contributed by atoms with Crippen LogP contribution in [0.5, 0.6) is 0 Å². The number of nitrogens with one attached hydrogen (secondary N) is 1. The van der Waals surface area contributed by atoms with E-state index in [1.54, 1.807) is 20.9 Å². The summed E-state index contributed by atoms with van der Waals surface area (Å²) in [7, 11) is 1.56. The van der Waals surface area contributed by atoms with Crippen LogP contribution < -0.4 is 5.32 Å². The van der Waals surface area contributed by atoms with Gasteiger partial charge in [0.2, 0.25) is 0 Å². The second kappa shape index (κ2) is 8.01. The maximum atomic E-state index is 13.2. The molecule has 0 atom stereocenters. The summed E-state index contributed by atoms with van der Waals surface area (Å²) < 4.78 is 19.7. The van der Waals surface area contributed by atoms with Crippen molar-refractivity contribution < 1.29 is 23.5 Å². The maximum Gasteiger partial charge on any atom is 0.379 e.